The van der Waals surface area contributed by atoms with Crippen molar-refractivity contribution in [2.75, 3.05) is 6.54 Å². The second-order valence-electron chi connectivity index (χ2n) is 9.29. The number of sulfonamides is 1. The maximum atomic E-state index is 14.1. The van der Waals surface area contributed by atoms with Gasteiger partial charge in [-0.15, -0.1) is 0 Å². The van der Waals surface area contributed by atoms with Crippen molar-refractivity contribution in [1.29, 1.82) is 0 Å². The summed E-state index contributed by atoms with van der Waals surface area (Å²) in [6.07, 6.45) is 0. The molecule has 0 saturated carbocycles. The first-order valence-corrected chi connectivity index (χ1v) is 17.0. The summed E-state index contributed by atoms with van der Waals surface area (Å²) >= 11 is 0.0214. The van der Waals surface area contributed by atoms with Crippen molar-refractivity contribution in [2.45, 2.75) is 31.7 Å². The molecule has 1 heterocycles. The third kappa shape index (κ3) is 5.86. The van der Waals surface area contributed by atoms with Gasteiger partial charge in [0.15, 0.2) is 0 Å². The number of hydrogen-bond acceptors (Lipinski definition) is 2. The van der Waals surface area contributed by atoms with Crippen molar-refractivity contribution in [2.24, 2.45) is 0 Å². The molecule has 1 atom stereocenters. The van der Waals surface area contributed by atoms with Crippen LogP contribution in [0.2, 0.25) is 0 Å². The maximum absolute atomic E-state index is 14.1. The Morgan fingerprint density at radius 2 is 1.14 bits per heavy atom. The topological polar surface area (TPSA) is 37.4 Å². The molecule has 0 aromatic heterocycles. The zero-order valence-corrected chi connectivity index (χ0v) is 25.3. The summed E-state index contributed by atoms with van der Waals surface area (Å²) in [4.78, 5) is 0.352. The van der Waals surface area contributed by atoms with Crippen LogP contribution in [0.25, 0.3) is 0 Å². The molecular weight excluding hydrogens is 608 g/mol. The summed E-state index contributed by atoms with van der Waals surface area (Å²) in [5, 5.41) is 0. The molecule has 0 radical (unpaired) electrons. The normalized spacial score (nSPS) is 16.4. The Balaban J connectivity index is 1.63. The zero-order valence-electron chi connectivity index (χ0n) is 21.1. The van der Waals surface area contributed by atoms with Crippen LogP contribution in [0.1, 0.15) is 28.3 Å². The van der Waals surface area contributed by atoms with Crippen molar-refractivity contribution in [3.8, 4) is 0 Å². The van der Waals surface area contributed by atoms with Gasteiger partial charge in [-0.2, -0.15) is 0 Å². The van der Waals surface area contributed by atoms with E-state index in [-0.39, 0.29) is 36.0 Å². The predicted octanol–water partition coefficient (Wildman–Crippen LogP) is 4.63. The van der Waals surface area contributed by atoms with Gasteiger partial charge in [0.1, 0.15) is 0 Å². The van der Waals surface area contributed by atoms with Crippen LogP contribution >= 0.6 is 0 Å². The van der Waals surface area contributed by atoms with E-state index in [1.165, 1.54) is 29.0 Å². The van der Waals surface area contributed by atoms with Gasteiger partial charge in [-0.25, -0.2) is 0 Å². The first-order valence-electron chi connectivity index (χ1n) is 12.2. The van der Waals surface area contributed by atoms with E-state index >= 15 is 0 Å². The SMILES string of the molecule is Cc1ccc([Se]C2=C([Se]c3ccc(C)cc3)C(c3ccccc3)N(S(=O)(=O)c3ccc(C)cc3)C2)cc1. The monoisotopic (exact) mass is 639 g/mol. The van der Waals surface area contributed by atoms with Crippen molar-refractivity contribution in [3.63, 3.8) is 0 Å². The molecule has 5 rings (SSSR count). The molecule has 3 nitrogen and oxygen atoms in total. The van der Waals surface area contributed by atoms with E-state index in [0.29, 0.717) is 11.4 Å². The van der Waals surface area contributed by atoms with Crippen LogP contribution in [-0.4, -0.2) is 49.2 Å². The Bertz CT molecular complexity index is 1510. The van der Waals surface area contributed by atoms with Gasteiger partial charge in [0.2, 0.25) is 0 Å². The van der Waals surface area contributed by atoms with Gasteiger partial charge in [-0.1, -0.05) is 0 Å². The molecule has 0 spiro atoms. The summed E-state index contributed by atoms with van der Waals surface area (Å²) in [5.74, 6) is 0. The average molecular weight is 638 g/mol. The molecule has 1 aliphatic rings. The Hall–Kier alpha value is -2.43. The van der Waals surface area contributed by atoms with Crippen molar-refractivity contribution in [1.82, 2.24) is 4.31 Å². The number of aryl methyl sites for hydroxylation is 3. The molecule has 0 saturated heterocycles. The van der Waals surface area contributed by atoms with Crippen molar-refractivity contribution >= 4 is 48.9 Å². The molecule has 0 fully saturated rings. The van der Waals surface area contributed by atoms with Crippen molar-refractivity contribution < 1.29 is 8.42 Å². The fraction of sp³-hybridized carbons (Fsp3) is 0.161. The van der Waals surface area contributed by atoms with E-state index in [4.69, 9.17) is 0 Å². The standard InChI is InChI=1S/C31H29NO2SSe2/c1-22-9-15-26(16-10-22)35(33,34)32-21-29(36-27-17-11-23(2)12-18-27)31(30(32)25-7-5-4-6-8-25)37-28-19-13-24(3)14-20-28/h4-20,30H,21H2,1-3H3. The van der Waals surface area contributed by atoms with Crippen LogP contribution in [0.4, 0.5) is 0 Å². The van der Waals surface area contributed by atoms with Crippen LogP contribution in [-0.2, 0) is 10.0 Å². The number of hydrogen-bond donors (Lipinski definition) is 0. The Morgan fingerprint density at radius 3 is 1.68 bits per heavy atom. The fourth-order valence-electron chi connectivity index (χ4n) is 4.29. The quantitative estimate of drug-likeness (QED) is 0.278. The molecular formula is C31H29NO2SSe2. The predicted molar refractivity (Wildman–Crippen MR) is 154 cm³/mol. The van der Waals surface area contributed by atoms with E-state index in [1.807, 2.05) is 37.3 Å². The third-order valence-electron chi connectivity index (χ3n) is 6.36. The first-order chi connectivity index (χ1) is 17.8. The van der Waals surface area contributed by atoms with Gasteiger partial charge < -0.3 is 0 Å². The van der Waals surface area contributed by atoms with E-state index in [0.717, 1.165) is 11.1 Å². The van der Waals surface area contributed by atoms with Crippen molar-refractivity contribution in [3.05, 3.63) is 134 Å². The van der Waals surface area contributed by atoms with E-state index < -0.39 is 10.0 Å². The Kier molecular flexibility index (Phi) is 7.88. The van der Waals surface area contributed by atoms with Gasteiger partial charge in [0.25, 0.3) is 0 Å². The fourth-order valence-corrected chi connectivity index (χ4v) is 11.4. The molecule has 0 amide bonds. The third-order valence-corrected chi connectivity index (χ3v) is 13.7. The minimum absolute atomic E-state index is 0.00641. The van der Waals surface area contributed by atoms with Crippen LogP contribution in [0, 0.1) is 20.8 Å². The van der Waals surface area contributed by atoms with Crippen LogP contribution < -0.4 is 8.92 Å². The summed E-state index contributed by atoms with van der Waals surface area (Å²) in [6.45, 7) is 6.59. The van der Waals surface area contributed by atoms with Gasteiger partial charge in [-0.3, -0.25) is 0 Å². The molecule has 4 aromatic rings. The summed E-state index contributed by atoms with van der Waals surface area (Å²) in [6, 6.07) is 34.4. The second-order valence-corrected chi connectivity index (χ2v) is 16.0. The Labute approximate surface area is 233 Å². The molecule has 37 heavy (non-hydrogen) atoms. The second kappa shape index (κ2) is 11.1. The van der Waals surface area contributed by atoms with Gasteiger partial charge in [0.05, 0.1) is 0 Å². The van der Waals surface area contributed by atoms with E-state index in [2.05, 4.69) is 74.5 Å². The van der Waals surface area contributed by atoms with Gasteiger partial charge in [-0.05, 0) is 0 Å². The van der Waals surface area contributed by atoms with Crippen LogP contribution in [0.3, 0.4) is 0 Å². The number of rotatable bonds is 7. The van der Waals surface area contributed by atoms with Crippen LogP contribution in [0.15, 0.2) is 117 Å². The summed E-state index contributed by atoms with van der Waals surface area (Å²) in [5.41, 5.74) is 4.53. The molecule has 4 aromatic carbocycles. The Morgan fingerprint density at radius 1 is 0.649 bits per heavy atom. The molecule has 0 bridgehead atoms. The molecule has 1 unspecified atom stereocenters. The zero-order chi connectivity index (χ0) is 26.0. The van der Waals surface area contributed by atoms with E-state index in [9.17, 15) is 8.42 Å². The molecule has 0 N–H and O–H groups in total. The van der Waals surface area contributed by atoms with Gasteiger partial charge >= 0.3 is 234 Å². The first kappa shape index (κ1) is 26.2. The average Bonchev–Trinajstić information content (AvgIpc) is 3.26. The van der Waals surface area contributed by atoms with E-state index in [1.54, 1.807) is 16.4 Å². The molecule has 1 aliphatic heterocycles. The summed E-state index contributed by atoms with van der Waals surface area (Å²) in [7, 11) is -3.70. The number of benzene rings is 4. The summed E-state index contributed by atoms with van der Waals surface area (Å²) < 4.78 is 35.1. The molecule has 6 heteroatoms. The minimum atomic E-state index is -3.70. The molecule has 0 aliphatic carbocycles. The number of nitrogens with zero attached hydrogens (tertiary/aromatic N) is 1. The van der Waals surface area contributed by atoms with Crippen LogP contribution in [0.5, 0.6) is 0 Å². The molecule has 188 valence electrons. The van der Waals surface area contributed by atoms with Gasteiger partial charge in [0, 0.05) is 0 Å².